The molecule has 1 aromatic carbocycles. The Morgan fingerprint density at radius 3 is 2.60 bits per heavy atom. The SMILES string of the molecule is O=C(O)c1cc(=O)c2ccccc2o1.[Na]. The molecule has 1 aromatic heterocycles. The van der Waals surface area contributed by atoms with Crippen LogP contribution in [0.15, 0.2) is 39.5 Å². The number of rotatable bonds is 1. The van der Waals surface area contributed by atoms with Gasteiger partial charge in [0, 0.05) is 35.6 Å². The van der Waals surface area contributed by atoms with Crippen LogP contribution in [0.2, 0.25) is 0 Å². The first-order valence-corrected chi connectivity index (χ1v) is 3.94. The van der Waals surface area contributed by atoms with Crippen LogP contribution in [-0.2, 0) is 0 Å². The van der Waals surface area contributed by atoms with Crippen molar-refractivity contribution in [3.63, 3.8) is 0 Å². The number of carbonyl (C=O) groups is 1. The Labute approximate surface area is 107 Å². The van der Waals surface area contributed by atoms with Crippen molar-refractivity contribution in [1.82, 2.24) is 0 Å². The molecule has 0 bridgehead atoms. The molecule has 0 atom stereocenters. The van der Waals surface area contributed by atoms with Crippen molar-refractivity contribution in [2.45, 2.75) is 0 Å². The summed E-state index contributed by atoms with van der Waals surface area (Å²) in [6.45, 7) is 0. The summed E-state index contributed by atoms with van der Waals surface area (Å²) in [6.07, 6.45) is 0. The van der Waals surface area contributed by atoms with Crippen LogP contribution >= 0.6 is 0 Å². The van der Waals surface area contributed by atoms with E-state index in [2.05, 4.69) is 0 Å². The Balaban J connectivity index is 0.00000112. The summed E-state index contributed by atoms with van der Waals surface area (Å²) in [5, 5.41) is 9.02. The van der Waals surface area contributed by atoms with Gasteiger partial charge in [0.25, 0.3) is 0 Å². The number of hydrogen-bond acceptors (Lipinski definition) is 3. The molecule has 0 aliphatic heterocycles. The summed E-state index contributed by atoms with van der Waals surface area (Å²) < 4.78 is 5.00. The van der Waals surface area contributed by atoms with Crippen LogP contribution in [0.1, 0.15) is 10.6 Å². The van der Waals surface area contributed by atoms with E-state index in [1.807, 2.05) is 0 Å². The second-order valence-electron chi connectivity index (χ2n) is 2.78. The molecule has 2 aromatic rings. The molecule has 0 aliphatic carbocycles. The molecule has 0 amide bonds. The van der Waals surface area contributed by atoms with Gasteiger partial charge in [0.05, 0.1) is 5.39 Å². The van der Waals surface area contributed by atoms with E-state index in [0.29, 0.717) is 5.39 Å². The molecule has 1 N–H and O–H groups in total. The zero-order chi connectivity index (χ0) is 10.1. The summed E-state index contributed by atoms with van der Waals surface area (Å²) in [4.78, 5) is 21.9. The number of benzene rings is 1. The normalized spacial score (nSPS) is 9.60. The Kier molecular flexibility index (Phi) is 3.68. The molecular formula is C10H6NaO4. The number of fused-ring (bicyclic) bond motifs is 1. The largest absolute Gasteiger partial charge is 0.475 e. The molecule has 4 nitrogen and oxygen atoms in total. The van der Waals surface area contributed by atoms with Crippen LogP contribution in [0.3, 0.4) is 0 Å². The quantitative estimate of drug-likeness (QED) is 0.720. The molecule has 71 valence electrons. The van der Waals surface area contributed by atoms with Gasteiger partial charge in [0.15, 0.2) is 5.43 Å². The molecule has 0 saturated carbocycles. The van der Waals surface area contributed by atoms with Gasteiger partial charge in [-0.05, 0) is 12.1 Å². The van der Waals surface area contributed by atoms with E-state index in [9.17, 15) is 9.59 Å². The molecular weight excluding hydrogens is 207 g/mol. The minimum atomic E-state index is -1.24. The molecule has 0 spiro atoms. The van der Waals surface area contributed by atoms with Gasteiger partial charge >= 0.3 is 5.97 Å². The maximum absolute atomic E-state index is 11.4. The predicted molar refractivity (Wildman–Crippen MR) is 55.2 cm³/mol. The maximum atomic E-state index is 11.4. The Bertz CT molecular complexity index is 559. The zero-order valence-corrected chi connectivity index (χ0v) is 10.1. The van der Waals surface area contributed by atoms with E-state index >= 15 is 0 Å². The van der Waals surface area contributed by atoms with E-state index < -0.39 is 5.97 Å². The third kappa shape index (κ3) is 2.28. The van der Waals surface area contributed by atoms with E-state index in [4.69, 9.17) is 9.52 Å². The second-order valence-corrected chi connectivity index (χ2v) is 2.78. The molecule has 15 heavy (non-hydrogen) atoms. The Morgan fingerprint density at radius 2 is 1.93 bits per heavy atom. The molecule has 1 heterocycles. The van der Waals surface area contributed by atoms with Gasteiger partial charge in [0.2, 0.25) is 5.76 Å². The molecule has 1 radical (unpaired) electrons. The Morgan fingerprint density at radius 1 is 1.27 bits per heavy atom. The van der Waals surface area contributed by atoms with Crippen LogP contribution in [-0.4, -0.2) is 40.6 Å². The number of para-hydroxylation sites is 1. The fourth-order valence-electron chi connectivity index (χ4n) is 1.21. The second kappa shape index (κ2) is 4.61. The van der Waals surface area contributed by atoms with Gasteiger partial charge in [-0.25, -0.2) is 4.79 Å². The molecule has 0 saturated heterocycles. The van der Waals surface area contributed by atoms with Gasteiger partial charge in [-0.3, -0.25) is 4.79 Å². The van der Waals surface area contributed by atoms with Gasteiger partial charge in [-0.1, -0.05) is 12.1 Å². The van der Waals surface area contributed by atoms with Crippen LogP contribution in [0.4, 0.5) is 0 Å². The van der Waals surface area contributed by atoms with E-state index in [-0.39, 0.29) is 46.3 Å². The third-order valence-electron chi connectivity index (χ3n) is 1.85. The fraction of sp³-hybridized carbons (Fsp3) is 0. The summed E-state index contributed by atoms with van der Waals surface area (Å²) >= 11 is 0. The third-order valence-corrected chi connectivity index (χ3v) is 1.85. The van der Waals surface area contributed by atoms with E-state index in [0.717, 1.165) is 6.07 Å². The summed E-state index contributed by atoms with van der Waals surface area (Å²) in [5.41, 5.74) is -0.0540. The van der Waals surface area contributed by atoms with Crippen molar-refractivity contribution in [1.29, 1.82) is 0 Å². The van der Waals surface area contributed by atoms with Crippen molar-refractivity contribution in [3.05, 3.63) is 46.3 Å². The molecule has 0 fully saturated rings. The van der Waals surface area contributed by atoms with Crippen LogP contribution < -0.4 is 5.43 Å². The molecule has 5 heteroatoms. The zero-order valence-electron chi connectivity index (χ0n) is 8.06. The standard InChI is InChI=1S/C10H6O4.Na/c11-7-5-9(10(12)13)14-8-4-2-1-3-6(7)8;/h1-5H,(H,12,13);. The first-order chi connectivity index (χ1) is 6.68. The summed E-state index contributed by atoms with van der Waals surface area (Å²) in [5.74, 6) is -1.58. The first kappa shape index (κ1) is 12.0. The minimum absolute atomic E-state index is 0. The first-order valence-electron chi connectivity index (χ1n) is 3.94. The number of carboxylic acids is 1. The van der Waals surface area contributed by atoms with Crippen LogP contribution in [0.5, 0.6) is 0 Å². The minimum Gasteiger partial charge on any atom is -0.475 e. The number of carboxylic acid groups (broad SMARTS) is 1. The predicted octanol–water partition coefficient (Wildman–Crippen LogP) is 1.11. The van der Waals surface area contributed by atoms with Crippen LogP contribution in [0, 0.1) is 0 Å². The van der Waals surface area contributed by atoms with Crippen molar-refractivity contribution >= 4 is 46.5 Å². The summed E-state index contributed by atoms with van der Waals surface area (Å²) in [6, 6.07) is 7.50. The van der Waals surface area contributed by atoms with Crippen molar-refractivity contribution in [3.8, 4) is 0 Å². The van der Waals surface area contributed by atoms with Crippen molar-refractivity contribution in [2.24, 2.45) is 0 Å². The van der Waals surface area contributed by atoms with Gasteiger partial charge < -0.3 is 9.52 Å². The smallest absolute Gasteiger partial charge is 0.371 e. The summed E-state index contributed by atoms with van der Waals surface area (Å²) in [7, 11) is 0. The van der Waals surface area contributed by atoms with Crippen LogP contribution in [0.25, 0.3) is 11.0 Å². The number of aromatic carboxylic acids is 1. The van der Waals surface area contributed by atoms with E-state index in [1.54, 1.807) is 24.3 Å². The Hall–Kier alpha value is -1.10. The molecule has 2 rings (SSSR count). The van der Waals surface area contributed by atoms with Gasteiger partial charge in [-0.15, -0.1) is 0 Å². The fourth-order valence-corrected chi connectivity index (χ4v) is 1.21. The topological polar surface area (TPSA) is 67.5 Å². The maximum Gasteiger partial charge on any atom is 0.371 e. The molecule has 0 unspecified atom stereocenters. The molecule has 0 aliphatic rings. The monoisotopic (exact) mass is 213 g/mol. The van der Waals surface area contributed by atoms with E-state index in [1.165, 1.54) is 0 Å². The average Bonchev–Trinajstić information content (AvgIpc) is 2.17. The van der Waals surface area contributed by atoms with Gasteiger partial charge in [-0.2, -0.15) is 0 Å². The van der Waals surface area contributed by atoms with Crippen molar-refractivity contribution < 1.29 is 14.3 Å². The average molecular weight is 213 g/mol. The number of hydrogen-bond donors (Lipinski definition) is 1. The van der Waals surface area contributed by atoms with Crippen molar-refractivity contribution in [2.75, 3.05) is 0 Å². The van der Waals surface area contributed by atoms with Gasteiger partial charge in [0.1, 0.15) is 5.58 Å².